The Bertz CT molecular complexity index is 386. The van der Waals surface area contributed by atoms with Gasteiger partial charge in [-0.2, -0.15) is 15.0 Å². The first-order valence-corrected chi connectivity index (χ1v) is 7.59. The number of nitrogen functional groups attached to an aromatic ring is 1. The molecule has 19 heavy (non-hydrogen) atoms. The van der Waals surface area contributed by atoms with Crippen LogP contribution < -0.4 is 10.6 Å². The maximum Gasteiger partial charge on any atom is 0.230 e. The summed E-state index contributed by atoms with van der Waals surface area (Å²) < 4.78 is 0. The molecule has 0 bridgehead atoms. The topological polar surface area (TPSA) is 67.9 Å². The molecule has 0 spiro atoms. The first-order chi connectivity index (χ1) is 9.33. The van der Waals surface area contributed by atoms with Crippen LogP contribution in [0.2, 0.25) is 0 Å². The summed E-state index contributed by atoms with van der Waals surface area (Å²) >= 11 is 0. The van der Waals surface area contributed by atoms with Gasteiger partial charge in [-0.05, 0) is 32.1 Å². The Morgan fingerprint density at radius 3 is 2.26 bits per heavy atom. The van der Waals surface area contributed by atoms with Gasteiger partial charge in [-0.25, -0.2) is 0 Å². The quantitative estimate of drug-likeness (QED) is 0.886. The molecule has 2 N–H and O–H groups in total. The van der Waals surface area contributed by atoms with Crippen molar-refractivity contribution in [1.29, 1.82) is 0 Å². The summed E-state index contributed by atoms with van der Waals surface area (Å²) in [5, 5.41) is 0. The summed E-state index contributed by atoms with van der Waals surface area (Å²) in [4.78, 5) is 15.7. The molecule has 1 aromatic rings. The lowest BCUT2D eigenvalue weighted by Crippen LogP contribution is -2.32. The number of aromatic nitrogens is 3. The molecule has 5 nitrogen and oxygen atoms in total. The third-order valence-corrected chi connectivity index (χ3v) is 4.27. The van der Waals surface area contributed by atoms with Gasteiger partial charge >= 0.3 is 0 Å². The van der Waals surface area contributed by atoms with Crippen molar-refractivity contribution in [2.45, 2.75) is 57.3 Å². The van der Waals surface area contributed by atoms with E-state index in [0.29, 0.717) is 11.9 Å². The SMILES string of the molecule is Nc1nc(C2CCCCC2)nc(N2CCCCC2)n1. The van der Waals surface area contributed by atoms with Crippen molar-refractivity contribution >= 4 is 11.9 Å². The van der Waals surface area contributed by atoms with Gasteiger partial charge in [-0.1, -0.05) is 19.3 Å². The molecule has 1 aromatic heterocycles. The maximum atomic E-state index is 5.88. The Morgan fingerprint density at radius 1 is 0.842 bits per heavy atom. The highest BCUT2D eigenvalue weighted by molar-refractivity contribution is 5.35. The van der Waals surface area contributed by atoms with Crippen molar-refractivity contribution in [1.82, 2.24) is 15.0 Å². The summed E-state index contributed by atoms with van der Waals surface area (Å²) in [6.07, 6.45) is 10.1. The number of hydrogen-bond donors (Lipinski definition) is 1. The molecule has 5 heteroatoms. The van der Waals surface area contributed by atoms with Crippen LogP contribution in [-0.2, 0) is 0 Å². The largest absolute Gasteiger partial charge is 0.368 e. The molecule has 0 aromatic carbocycles. The van der Waals surface area contributed by atoms with Crippen LogP contribution in [0, 0.1) is 0 Å². The molecular formula is C14H23N5. The first kappa shape index (κ1) is 12.6. The van der Waals surface area contributed by atoms with Gasteiger partial charge in [0.15, 0.2) is 0 Å². The van der Waals surface area contributed by atoms with Crippen LogP contribution in [0.25, 0.3) is 0 Å². The molecule has 2 heterocycles. The van der Waals surface area contributed by atoms with E-state index in [9.17, 15) is 0 Å². The summed E-state index contributed by atoms with van der Waals surface area (Å²) in [7, 11) is 0. The van der Waals surface area contributed by atoms with Gasteiger partial charge in [-0.15, -0.1) is 0 Å². The molecule has 104 valence electrons. The van der Waals surface area contributed by atoms with E-state index in [1.165, 1.54) is 51.4 Å². The van der Waals surface area contributed by atoms with E-state index in [1.807, 2.05) is 0 Å². The van der Waals surface area contributed by atoms with Gasteiger partial charge < -0.3 is 10.6 Å². The molecule has 0 unspecified atom stereocenters. The van der Waals surface area contributed by atoms with Crippen molar-refractivity contribution in [2.75, 3.05) is 23.7 Å². The standard InChI is InChI=1S/C14H23N5/c15-13-16-12(11-7-3-1-4-8-11)17-14(18-13)19-9-5-2-6-10-19/h11H,1-10H2,(H2,15,16,17,18). The molecule has 1 aliphatic heterocycles. The lowest BCUT2D eigenvalue weighted by atomic mass is 9.89. The zero-order chi connectivity index (χ0) is 13.1. The minimum Gasteiger partial charge on any atom is -0.368 e. The third kappa shape index (κ3) is 2.96. The van der Waals surface area contributed by atoms with Crippen LogP contribution in [0.5, 0.6) is 0 Å². The second-order valence-electron chi connectivity index (χ2n) is 5.73. The molecule has 1 saturated heterocycles. The van der Waals surface area contributed by atoms with Crippen molar-refractivity contribution in [3.8, 4) is 0 Å². The van der Waals surface area contributed by atoms with Crippen LogP contribution >= 0.6 is 0 Å². The number of nitrogens with two attached hydrogens (primary N) is 1. The van der Waals surface area contributed by atoms with Crippen LogP contribution in [0.1, 0.15) is 63.1 Å². The predicted octanol–water partition coefficient (Wildman–Crippen LogP) is 2.49. The minimum atomic E-state index is 0.385. The van der Waals surface area contributed by atoms with Gasteiger partial charge in [0.2, 0.25) is 11.9 Å². The second kappa shape index (κ2) is 5.72. The third-order valence-electron chi connectivity index (χ3n) is 4.27. The van der Waals surface area contributed by atoms with E-state index in [2.05, 4.69) is 14.9 Å². The number of piperidine rings is 1. The van der Waals surface area contributed by atoms with E-state index in [-0.39, 0.29) is 0 Å². The lowest BCUT2D eigenvalue weighted by Gasteiger charge is -2.28. The molecule has 3 rings (SSSR count). The smallest absolute Gasteiger partial charge is 0.230 e. The van der Waals surface area contributed by atoms with Gasteiger partial charge in [0, 0.05) is 19.0 Å². The van der Waals surface area contributed by atoms with Gasteiger partial charge in [-0.3, -0.25) is 0 Å². The zero-order valence-electron chi connectivity index (χ0n) is 11.5. The monoisotopic (exact) mass is 261 g/mol. The van der Waals surface area contributed by atoms with Crippen LogP contribution in [0.3, 0.4) is 0 Å². The molecule has 2 fully saturated rings. The van der Waals surface area contributed by atoms with E-state index < -0.39 is 0 Å². The highest BCUT2D eigenvalue weighted by atomic mass is 15.3. The molecular weight excluding hydrogens is 238 g/mol. The van der Waals surface area contributed by atoms with Crippen molar-refractivity contribution in [3.05, 3.63) is 5.82 Å². The van der Waals surface area contributed by atoms with Gasteiger partial charge in [0.1, 0.15) is 5.82 Å². The Labute approximate surface area is 114 Å². The molecule has 0 amide bonds. The Hall–Kier alpha value is -1.39. The van der Waals surface area contributed by atoms with Crippen LogP contribution in [-0.4, -0.2) is 28.0 Å². The molecule has 2 aliphatic rings. The van der Waals surface area contributed by atoms with Gasteiger partial charge in [0.05, 0.1) is 0 Å². The first-order valence-electron chi connectivity index (χ1n) is 7.59. The molecule has 0 atom stereocenters. The van der Waals surface area contributed by atoms with Crippen molar-refractivity contribution in [2.24, 2.45) is 0 Å². The highest BCUT2D eigenvalue weighted by Crippen LogP contribution is 2.31. The molecule has 0 radical (unpaired) electrons. The predicted molar refractivity (Wildman–Crippen MR) is 76.1 cm³/mol. The van der Waals surface area contributed by atoms with Crippen LogP contribution in [0.15, 0.2) is 0 Å². The molecule has 1 aliphatic carbocycles. The Morgan fingerprint density at radius 2 is 1.53 bits per heavy atom. The summed E-state index contributed by atoms with van der Waals surface area (Å²) in [5.74, 6) is 2.60. The van der Waals surface area contributed by atoms with Crippen LogP contribution in [0.4, 0.5) is 11.9 Å². The summed E-state index contributed by atoms with van der Waals surface area (Å²) in [5.41, 5.74) is 5.88. The van der Waals surface area contributed by atoms with E-state index >= 15 is 0 Å². The number of anilines is 2. The molecule has 1 saturated carbocycles. The highest BCUT2D eigenvalue weighted by Gasteiger charge is 2.21. The maximum absolute atomic E-state index is 5.88. The average molecular weight is 261 g/mol. The number of nitrogens with zero attached hydrogens (tertiary/aromatic N) is 4. The number of hydrogen-bond acceptors (Lipinski definition) is 5. The zero-order valence-corrected chi connectivity index (χ0v) is 11.5. The second-order valence-corrected chi connectivity index (χ2v) is 5.73. The lowest BCUT2D eigenvalue weighted by molar-refractivity contribution is 0.427. The Kier molecular flexibility index (Phi) is 3.80. The normalized spacial score (nSPS) is 21.6. The minimum absolute atomic E-state index is 0.385. The van der Waals surface area contributed by atoms with E-state index in [1.54, 1.807) is 0 Å². The number of rotatable bonds is 2. The summed E-state index contributed by atoms with van der Waals surface area (Å²) in [6.45, 7) is 2.10. The fourth-order valence-electron chi connectivity index (χ4n) is 3.18. The van der Waals surface area contributed by atoms with E-state index in [0.717, 1.165) is 24.9 Å². The van der Waals surface area contributed by atoms with Gasteiger partial charge in [0.25, 0.3) is 0 Å². The fourth-order valence-corrected chi connectivity index (χ4v) is 3.18. The fraction of sp³-hybridized carbons (Fsp3) is 0.786. The average Bonchev–Trinajstić information content (AvgIpc) is 2.48. The Balaban J connectivity index is 1.82. The van der Waals surface area contributed by atoms with Crippen molar-refractivity contribution in [3.63, 3.8) is 0 Å². The summed E-state index contributed by atoms with van der Waals surface area (Å²) in [6, 6.07) is 0. The van der Waals surface area contributed by atoms with Crippen molar-refractivity contribution < 1.29 is 0 Å². The van der Waals surface area contributed by atoms with E-state index in [4.69, 9.17) is 10.7 Å².